The average molecular weight is 379 g/mol. The van der Waals surface area contributed by atoms with E-state index >= 15 is 0 Å². The number of carbonyl (C=O) groups excluding carboxylic acids is 2. The number of aryl methyl sites for hydroxylation is 1. The standard InChI is InChI=1S/C17H22N6O2.ClH/c1-18-15(24)12-4-3-5-13(10-12)16(25)21-17-20-14(22-23(17)2)11-6-8-19-9-7-11;/h3-5,10-11,19H,6-9H2,1-2H3,(H,18,24)(H,20,21,22,25);1H. The van der Waals surface area contributed by atoms with Crippen LogP contribution < -0.4 is 16.0 Å². The first-order valence-corrected chi connectivity index (χ1v) is 8.33. The molecule has 1 aromatic heterocycles. The number of halogens is 1. The number of benzene rings is 1. The minimum Gasteiger partial charge on any atom is -0.355 e. The predicted molar refractivity (Wildman–Crippen MR) is 101 cm³/mol. The summed E-state index contributed by atoms with van der Waals surface area (Å²) in [6, 6.07) is 6.55. The van der Waals surface area contributed by atoms with Crippen LogP contribution in [0, 0.1) is 0 Å². The largest absolute Gasteiger partial charge is 0.355 e. The van der Waals surface area contributed by atoms with Crippen molar-refractivity contribution >= 4 is 30.2 Å². The van der Waals surface area contributed by atoms with Crippen LogP contribution in [0.15, 0.2) is 24.3 Å². The maximum atomic E-state index is 12.5. The fourth-order valence-electron chi connectivity index (χ4n) is 2.89. The monoisotopic (exact) mass is 378 g/mol. The summed E-state index contributed by atoms with van der Waals surface area (Å²) < 4.78 is 1.58. The van der Waals surface area contributed by atoms with Gasteiger partial charge in [-0.15, -0.1) is 12.4 Å². The molecule has 1 aliphatic heterocycles. The highest BCUT2D eigenvalue weighted by Gasteiger charge is 2.21. The van der Waals surface area contributed by atoms with Gasteiger partial charge in [0.05, 0.1) is 0 Å². The summed E-state index contributed by atoms with van der Waals surface area (Å²) in [5.74, 6) is 0.927. The number of carbonyl (C=O) groups is 2. The van der Waals surface area contributed by atoms with Gasteiger partial charge in [-0.25, -0.2) is 4.68 Å². The van der Waals surface area contributed by atoms with E-state index in [4.69, 9.17) is 0 Å². The van der Waals surface area contributed by atoms with Crippen LogP contribution in [0.4, 0.5) is 5.95 Å². The zero-order valence-electron chi connectivity index (χ0n) is 14.8. The summed E-state index contributed by atoms with van der Waals surface area (Å²) in [5.41, 5.74) is 0.830. The van der Waals surface area contributed by atoms with Crippen molar-refractivity contribution in [3.8, 4) is 0 Å². The molecule has 1 aliphatic rings. The maximum Gasteiger partial charge on any atom is 0.258 e. The van der Waals surface area contributed by atoms with E-state index in [2.05, 4.69) is 26.0 Å². The average Bonchev–Trinajstić information content (AvgIpc) is 3.02. The smallest absolute Gasteiger partial charge is 0.258 e. The molecule has 3 rings (SSSR count). The van der Waals surface area contributed by atoms with Crippen molar-refractivity contribution in [2.75, 3.05) is 25.5 Å². The Labute approximate surface area is 158 Å². The van der Waals surface area contributed by atoms with E-state index in [1.165, 1.54) is 0 Å². The van der Waals surface area contributed by atoms with Gasteiger partial charge >= 0.3 is 0 Å². The van der Waals surface area contributed by atoms with Crippen molar-refractivity contribution in [1.82, 2.24) is 25.4 Å². The zero-order chi connectivity index (χ0) is 17.8. The van der Waals surface area contributed by atoms with Crippen molar-refractivity contribution in [3.05, 3.63) is 41.2 Å². The van der Waals surface area contributed by atoms with Gasteiger partial charge < -0.3 is 10.6 Å². The van der Waals surface area contributed by atoms with Gasteiger partial charge in [-0.2, -0.15) is 10.1 Å². The molecular weight excluding hydrogens is 356 g/mol. The molecule has 0 radical (unpaired) electrons. The first kappa shape index (κ1) is 19.9. The minimum absolute atomic E-state index is 0. The van der Waals surface area contributed by atoms with Crippen molar-refractivity contribution in [2.45, 2.75) is 18.8 Å². The Morgan fingerprint density at radius 2 is 1.85 bits per heavy atom. The number of aromatic nitrogens is 3. The summed E-state index contributed by atoms with van der Waals surface area (Å²) in [6.45, 7) is 1.91. The number of piperidine rings is 1. The van der Waals surface area contributed by atoms with E-state index in [1.54, 1.807) is 43.0 Å². The Kier molecular flexibility index (Phi) is 6.70. The van der Waals surface area contributed by atoms with Crippen LogP contribution in [0.1, 0.15) is 45.3 Å². The second kappa shape index (κ2) is 8.77. The van der Waals surface area contributed by atoms with Crippen LogP contribution in [-0.4, -0.2) is 46.7 Å². The SMILES string of the molecule is CNC(=O)c1cccc(C(=O)Nc2nc(C3CCNCC3)nn2C)c1.Cl. The third kappa shape index (κ3) is 4.39. The molecule has 0 aliphatic carbocycles. The summed E-state index contributed by atoms with van der Waals surface area (Å²) in [4.78, 5) is 28.7. The number of nitrogens with one attached hydrogen (secondary N) is 3. The van der Waals surface area contributed by atoms with Gasteiger partial charge in [-0.1, -0.05) is 6.07 Å². The van der Waals surface area contributed by atoms with Gasteiger partial charge in [0.15, 0.2) is 5.82 Å². The van der Waals surface area contributed by atoms with E-state index in [-0.39, 0.29) is 24.2 Å². The number of rotatable bonds is 4. The van der Waals surface area contributed by atoms with Gasteiger partial charge in [0.25, 0.3) is 11.8 Å². The van der Waals surface area contributed by atoms with E-state index in [9.17, 15) is 9.59 Å². The molecule has 2 amide bonds. The normalized spacial score (nSPS) is 14.4. The molecule has 140 valence electrons. The topological polar surface area (TPSA) is 101 Å². The zero-order valence-corrected chi connectivity index (χ0v) is 15.6. The van der Waals surface area contributed by atoms with E-state index in [0.29, 0.717) is 23.0 Å². The van der Waals surface area contributed by atoms with Crippen LogP contribution in [0.5, 0.6) is 0 Å². The molecule has 9 heteroatoms. The quantitative estimate of drug-likeness (QED) is 0.744. The molecule has 2 aromatic rings. The summed E-state index contributed by atoms with van der Waals surface area (Å²) >= 11 is 0. The lowest BCUT2D eigenvalue weighted by Gasteiger charge is -2.19. The Balaban J connectivity index is 0.00000243. The first-order valence-electron chi connectivity index (χ1n) is 8.33. The van der Waals surface area contributed by atoms with Crippen molar-refractivity contribution in [1.29, 1.82) is 0 Å². The number of hydrogen-bond acceptors (Lipinski definition) is 5. The molecule has 3 N–H and O–H groups in total. The van der Waals surface area contributed by atoms with Crippen molar-refractivity contribution in [3.63, 3.8) is 0 Å². The molecule has 8 nitrogen and oxygen atoms in total. The molecule has 0 saturated carbocycles. The Bertz CT molecular complexity index is 785. The van der Waals surface area contributed by atoms with Crippen LogP contribution in [0.25, 0.3) is 0 Å². The summed E-state index contributed by atoms with van der Waals surface area (Å²) in [7, 11) is 3.31. The molecule has 1 fully saturated rings. The van der Waals surface area contributed by atoms with E-state index < -0.39 is 0 Å². The lowest BCUT2D eigenvalue weighted by atomic mass is 9.98. The molecule has 1 saturated heterocycles. The van der Waals surface area contributed by atoms with Crippen LogP contribution in [-0.2, 0) is 7.05 Å². The molecule has 0 atom stereocenters. The fraction of sp³-hybridized carbons (Fsp3) is 0.412. The van der Waals surface area contributed by atoms with E-state index in [1.807, 2.05) is 0 Å². The third-order valence-electron chi connectivity index (χ3n) is 4.32. The van der Waals surface area contributed by atoms with Crippen LogP contribution in [0.3, 0.4) is 0 Å². The lowest BCUT2D eigenvalue weighted by molar-refractivity contribution is 0.0963. The first-order chi connectivity index (χ1) is 12.1. The maximum absolute atomic E-state index is 12.5. The summed E-state index contributed by atoms with van der Waals surface area (Å²) in [5, 5.41) is 13.1. The van der Waals surface area contributed by atoms with Crippen LogP contribution in [0.2, 0.25) is 0 Å². The number of anilines is 1. The summed E-state index contributed by atoms with van der Waals surface area (Å²) in [6.07, 6.45) is 1.98. The van der Waals surface area contributed by atoms with Crippen LogP contribution >= 0.6 is 12.4 Å². The molecule has 2 heterocycles. The van der Waals surface area contributed by atoms with Gasteiger partial charge in [0.2, 0.25) is 5.95 Å². The molecule has 26 heavy (non-hydrogen) atoms. The van der Waals surface area contributed by atoms with Crippen molar-refractivity contribution < 1.29 is 9.59 Å². The number of nitrogens with zero attached hydrogens (tertiary/aromatic N) is 3. The molecule has 0 unspecified atom stereocenters. The molecule has 0 bridgehead atoms. The van der Waals surface area contributed by atoms with Gasteiger partial charge in [-0.3, -0.25) is 14.9 Å². The Morgan fingerprint density at radius 3 is 2.50 bits per heavy atom. The molecular formula is C17H23ClN6O2. The third-order valence-corrected chi connectivity index (χ3v) is 4.32. The van der Waals surface area contributed by atoms with E-state index in [0.717, 1.165) is 31.8 Å². The fourth-order valence-corrected chi connectivity index (χ4v) is 2.89. The molecule has 1 aromatic carbocycles. The lowest BCUT2D eigenvalue weighted by Crippen LogP contribution is -2.27. The van der Waals surface area contributed by atoms with Gasteiger partial charge in [-0.05, 0) is 44.1 Å². The highest BCUT2D eigenvalue weighted by atomic mass is 35.5. The second-order valence-electron chi connectivity index (χ2n) is 6.06. The van der Waals surface area contributed by atoms with Gasteiger partial charge in [0.1, 0.15) is 0 Å². The predicted octanol–water partition coefficient (Wildman–Crippen LogP) is 1.32. The number of amides is 2. The van der Waals surface area contributed by atoms with Crippen molar-refractivity contribution in [2.24, 2.45) is 7.05 Å². The highest BCUT2D eigenvalue weighted by molar-refractivity contribution is 6.05. The molecule has 0 spiro atoms. The Hall–Kier alpha value is -2.45. The highest BCUT2D eigenvalue weighted by Crippen LogP contribution is 2.23. The van der Waals surface area contributed by atoms with Gasteiger partial charge in [0, 0.05) is 31.1 Å². The Morgan fingerprint density at radius 1 is 1.19 bits per heavy atom. The second-order valence-corrected chi connectivity index (χ2v) is 6.06. The minimum atomic E-state index is -0.321. The number of hydrogen-bond donors (Lipinski definition) is 3.